The maximum absolute atomic E-state index is 12.1. The van der Waals surface area contributed by atoms with Crippen LogP contribution < -0.4 is 10.6 Å². The number of hydrogen-bond acceptors (Lipinski definition) is 4. The van der Waals surface area contributed by atoms with Crippen molar-refractivity contribution in [2.24, 2.45) is 0 Å². The van der Waals surface area contributed by atoms with E-state index in [1.807, 2.05) is 0 Å². The molecule has 0 fully saturated rings. The Labute approximate surface area is 145 Å². The van der Waals surface area contributed by atoms with E-state index >= 15 is 0 Å². The molecule has 2 amide bonds. The molecule has 0 saturated heterocycles. The first kappa shape index (κ1) is 18.1. The van der Waals surface area contributed by atoms with Gasteiger partial charge in [0.25, 0.3) is 0 Å². The molecule has 0 heterocycles. The Balaban J connectivity index is 2.15. The molecule has 0 radical (unpaired) electrons. The standard InChI is InChI=1S/C19H18N2O4/c1-11(22)14-4-6-17(7-5-14)20-19(25)21-18-9-15(12(2)23)8-16(10-18)13(3)24/h4-10H,1-3H3,(H2,20,21,25). The van der Waals surface area contributed by atoms with Crippen LogP contribution in [0.15, 0.2) is 42.5 Å². The quantitative estimate of drug-likeness (QED) is 0.808. The summed E-state index contributed by atoms with van der Waals surface area (Å²) in [5.74, 6) is -0.466. The average molecular weight is 338 g/mol. The number of urea groups is 1. The van der Waals surface area contributed by atoms with Gasteiger partial charge in [-0.05, 0) is 63.2 Å². The molecule has 0 atom stereocenters. The highest BCUT2D eigenvalue weighted by molar-refractivity contribution is 6.04. The van der Waals surface area contributed by atoms with E-state index in [1.54, 1.807) is 24.3 Å². The van der Waals surface area contributed by atoms with Gasteiger partial charge >= 0.3 is 6.03 Å². The van der Waals surface area contributed by atoms with Crippen LogP contribution in [-0.2, 0) is 0 Å². The lowest BCUT2D eigenvalue weighted by atomic mass is 10.0. The van der Waals surface area contributed by atoms with Crippen molar-refractivity contribution >= 4 is 34.8 Å². The maximum Gasteiger partial charge on any atom is 0.323 e. The number of carbonyl (C=O) groups is 4. The number of ketones is 3. The number of amides is 2. The molecule has 0 aliphatic rings. The number of carbonyl (C=O) groups excluding carboxylic acids is 4. The predicted molar refractivity (Wildman–Crippen MR) is 95.5 cm³/mol. The van der Waals surface area contributed by atoms with Crippen molar-refractivity contribution < 1.29 is 19.2 Å². The molecule has 0 unspecified atom stereocenters. The Morgan fingerprint density at radius 1 is 0.600 bits per heavy atom. The number of rotatable bonds is 5. The highest BCUT2D eigenvalue weighted by Crippen LogP contribution is 2.17. The third-order valence-corrected chi connectivity index (χ3v) is 3.55. The average Bonchev–Trinajstić information content (AvgIpc) is 2.54. The molecule has 2 N–H and O–H groups in total. The van der Waals surface area contributed by atoms with E-state index in [-0.39, 0.29) is 17.3 Å². The minimum absolute atomic E-state index is 0.0613. The summed E-state index contributed by atoms with van der Waals surface area (Å²) in [6.45, 7) is 4.24. The fourth-order valence-electron chi connectivity index (χ4n) is 2.19. The van der Waals surface area contributed by atoms with Crippen LogP contribution >= 0.6 is 0 Å². The molecule has 0 saturated carbocycles. The van der Waals surface area contributed by atoms with E-state index < -0.39 is 6.03 Å². The fourth-order valence-corrected chi connectivity index (χ4v) is 2.19. The summed E-state index contributed by atoms with van der Waals surface area (Å²) in [5.41, 5.74) is 2.08. The summed E-state index contributed by atoms with van der Waals surface area (Å²) < 4.78 is 0. The monoisotopic (exact) mass is 338 g/mol. The number of nitrogens with one attached hydrogen (secondary N) is 2. The zero-order valence-corrected chi connectivity index (χ0v) is 14.2. The van der Waals surface area contributed by atoms with Crippen LogP contribution in [0.1, 0.15) is 51.8 Å². The minimum Gasteiger partial charge on any atom is -0.308 e. The van der Waals surface area contributed by atoms with Gasteiger partial charge in [0.15, 0.2) is 17.3 Å². The van der Waals surface area contributed by atoms with Gasteiger partial charge in [-0.2, -0.15) is 0 Å². The Bertz CT molecular complexity index is 822. The van der Waals surface area contributed by atoms with Crippen molar-refractivity contribution in [2.75, 3.05) is 10.6 Å². The van der Waals surface area contributed by atoms with E-state index in [0.29, 0.717) is 28.1 Å². The second-order valence-electron chi connectivity index (χ2n) is 5.62. The van der Waals surface area contributed by atoms with Crippen molar-refractivity contribution in [3.63, 3.8) is 0 Å². The van der Waals surface area contributed by atoms with Gasteiger partial charge in [0.05, 0.1) is 0 Å². The third-order valence-electron chi connectivity index (χ3n) is 3.55. The Morgan fingerprint density at radius 3 is 1.48 bits per heavy atom. The molecule has 0 aliphatic heterocycles. The third kappa shape index (κ3) is 4.84. The van der Waals surface area contributed by atoms with Crippen LogP contribution in [0.4, 0.5) is 16.2 Å². The van der Waals surface area contributed by atoms with Crippen LogP contribution in [0.25, 0.3) is 0 Å². The molecule has 0 aromatic heterocycles. The van der Waals surface area contributed by atoms with E-state index in [2.05, 4.69) is 10.6 Å². The first-order chi connectivity index (χ1) is 11.8. The van der Waals surface area contributed by atoms with Crippen molar-refractivity contribution in [1.29, 1.82) is 0 Å². The molecule has 6 heteroatoms. The fraction of sp³-hybridized carbons (Fsp3) is 0.158. The Kier molecular flexibility index (Phi) is 5.44. The van der Waals surface area contributed by atoms with Crippen molar-refractivity contribution in [2.45, 2.75) is 20.8 Å². The van der Waals surface area contributed by atoms with Gasteiger partial charge in [-0.25, -0.2) is 4.79 Å². The van der Waals surface area contributed by atoms with Crippen molar-refractivity contribution in [3.8, 4) is 0 Å². The number of Topliss-reactive ketones (excluding diaryl/α,β-unsaturated/α-hetero) is 3. The highest BCUT2D eigenvalue weighted by atomic mass is 16.2. The van der Waals surface area contributed by atoms with Crippen LogP contribution in [0.5, 0.6) is 0 Å². The lowest BCUT2D eigenvalue weighted by Gasteiger charge is -2.10. The number of anilines is 2. The molecule has 6 nitrogen and oxygen atoms in total. The largest absolute Gasteiger partial charge is 0.323 e. The van der Waals surface area contributed by atoms with Gasteiger partial charge in [0, 0.05) is 28.1 Å². The van der Waals surface area contributed by atoms with Gasteiger partial charge in [0.1, 0.15) is 0 Å². The van der Waals surface area contributed by atoms with Crippen molar-refractivity contribution in [3.05, 3.63) is 59.2 Å². The van der Waals surface area contributed by atoms with Crippen LogP contribution in [0.3, 0.4) is 0 Å². The summed E-state index contributed by atoms with van der Waals surface area (Å²) in [7, 11) is 0. The lowest BCUT2D eigenvalue weighted by Crippen LogP contribution is -2.20. The van der Waals surface area contributed by atoms with E-state index in [1.165, 1.54) is 39.0 Å². The smallest absolute Gasteiger partial charge is 0.308 e. The summed E-state index contributed by atoms with van der Waals surface area (Å²) in [4.78, 5) is 46.5. The van der Waals surface area contributed by atoms with Crippen molar-refractivity contribution in [1.82, 2.24) is 0 Å². The van der Waals surface area contributed by atoms with E-state index in [4.69, 9.17) is 0 Å². The van der Waals surface area contributed by atoms with E-state index in [0.717, 1.165) is 0 Å². The zero-order chi connectivity index (χ0) is 18.6. The molecule has 128 valence electrons. The first-order valence-electron chi connectivity index (χ1n) is 7.62. The lowest BCUT2D eigenvalue weighted by molar-refractivity contribution is 0.100. The molecular weight excluding hydrogens is 320 g/mol. The summed E-state index contributed by atoms with van der Waals surface area (Å²) >= 11 is 0. The molecular formula is C19H18N2O4. The number of hydrogen-bond donors (Lipinski definition) is 2. The first-order valence-corrected chi connectivity index (χ1v) is 7.62. The molecule has 25 heavy (non-hydrogen) atoms. The Morgan fingerprint density at radius 2 is 1.04 bits per heavy atom. The maximum atomic E-state index is 12.1. The van der Waals surface area contributed by atoms with Crippen LogP contribution in [-0.4, -0.2) is 23.4 Å². The summed E-state index contributed by atoms with van der Waals surface area (Å²) in [6, 6.07) is 10.4. The van der Waals surface area contributed by atoms with Gasteiger partial charge in [0.2, 0.25) is 0 Å². The minimum atomic E-state index is -0.522. The van der Waals surface area contributed by atoms with Gasteiger partial charge < -0.3 is 10.6 Å². The molecule has 0 spiro atoms. The van der Waals surface area contributed by atoms with Gasteiger partial charge in [-0.1, -0.05) is 0 Å². The second-order valence-corrected chi connectivity index (χ2v) is 5.62. The number of benzene rings is 2. The summed E-state index contributed by atoms with van der Waals surface area (Å²) in [5, 5.41) is 5.22. The highest BCUT2D eigenvalue weighted by Gasteiger charge is 2.10. The molecule has 2 aromatic carbocycles. The van der Waals surface area contributed by atoms with Crippen LogP contribution in [0, 0.1) is 0 Å². The molecule has 2 aromatic rings. The second kappa shape index (κ2) is 7.53. The SMILES string of the molecule is CC(=O)c1ccc(NC(=O)Nc2cc(C(C)=O)cc(C(C)=O)c2)cc1. The molecule has 0 aliphatic carbocycles. The Hall–Kier alpha value is -3.28. The predicted octanol–water partition coefficient (Wildman–Crippen LogP) is 3.94. The molecule has 0 bridgehead atoms. The van der Waals surface area contributed by atoms with Gasteiger partial charge in [-0.3, -0.25) is 14.4 Å². The normalized spacial score (nSPS) is 10.0. The van der Waals surface area contributed by atoms with Gasteiger partial charge in [-0.15, -0.1) is 0 Å². The topological polar surface area (TPSA) is 92.3 Å². The van der Waals surface area contributed by atoms with Crippen LogP contribution in [0.2, 0.25) is 0 Å². The summed E-state index contributed by atoms with van der Waals surface area (Å²) in [6.07, 6.45) is 0. The van der Waals surface area contributed by atoms with E-state index in [9.17, 15) is 19.2 Å². The zero-order valence-electron chi connectivity index (χ0n) is 14.2. The molecule has 2 rings (SSSR count).